The third-order valence-electron chi connectivity index (χ3n) is 4.09. The minimum Gasteiger partial charge on any atom is -0.345 e. The van der Waals surface area contributed by atoms with Crippen LogP contribution in [0, 0.1) is 5.92 Å². The molecule has 4 heteroatoms. The van der Waals surface area contributed by atoms with E-state index in [2.05, 4.69) is 10.2 Å². The normalized spacial score (nSPS) is 22.2. The van der Waals surface area contributed by atoms with Crippen LogP contribution >= 0.6 is 0 Å². The van der Waals surface area contributed by atoms with Crippen LogP contribution < -0.4 is 5.32 Å². The zero-order valence-electron chi connectivity index (χ0n) is 11.0. The summed E-state index contributed by atoms with van der Waals surface area (Å²) in [5.41, 5.74) is 0. The maximum Gasteiger partial charge on any atom is 0.236 e. The molecule has 2 aliphatic rings. The van der Waals surface area contributed by atoms with Crippen molar-refractivity contribution >= 4 is 5.91 Å². The molecule has 1 aliphatic heterocycles. The standard InChI is InChI=1S/C13H25N3O/c1-15(8-5-12-3-2-4-12)13(17)11-16-9-6-14-7-10-16/h12,14H,2-11H2,1H3. The van der Waals surface area contributed by atoms with Gasteiger partial charge >= 0.3 is 0 Å². The van der Waals surface area contributed by atoms with Crippen molar-refractivity contribution in [1.82, 2.24) is 15.1 Å². The molecule has 4 nitrogen and oxygen atoms in total. The predicted octanol–water partition coefficient (Wildman–Crippen LogP) is 0.540. The second-order valence-corrected chi connectivity index (χ2v) is 5.43. The molecule has 0 aromatic carbocycles. The molecule has 1 amide bonds. The minimum absolute atomic E-state index is 0.284. The maximum atomic E-state index is 12.0. The molecule has 0 aromatic rings. The summed E-state index contributed by atoms with van der Waals surface area (Å²) in [5.74, 6) is 1.18. The van der Waals surface area contributed by atoms with Gasteiger partial charge in [0.05, 0.1) is 6.54 Å². The first-order chi connectivity index (χ1) is 8.25. The zero-order chi connectivity index (χ0) is 12.1. The van der Waals surface area contributed by atoms with E-state index in [1.807, 2.05) is 11.9 Å². The summed E-state index contributed by atoms with van der Waals surface area (Å²) in [6, 6.07) is 0. The van der Waals surface area contributed by atoms with Gasteiger partial charge < -0.3 is 10.2 Å². The fourth-order valence-electron chi connectivity index (χ4n) is 2.46. The largest absolute Gasteiger partial charge is 0.345 e. The lowest BCUT2D eigenvalue weighted by molar-refractivity contribution is -0.131. The summed E-state index contributed by atoms with van der Waals surface area (Å²) in [4.78, 5) is 16.2. The Labute approximate surface area is 104 Å². The maximum absolute atomic E-state index is 12.0. The molecule has 0 radical (unpaired) electrons. The highest BCUT2D eigenvalue weighted by Crippen LogP contribution is 2.29. The van der Waals surface area contributed by atoms with E-state index in [9.17, 15) is 4.79 Å². The molecule has 1 saturated carbocycles. The molecule has 0 unspecified atom stereocenters. The van der Waals surface area contributed by atoms with Crippen LogP contribution in [0.4, 0.5) is 0 Å². The van der Waals surface area contributed by atoms with Crippen molar-refractivity contribution in [2.45, 2.75) is 25.7 Å². The second-order valence-electron chi connectivity index (χ2n) is 5.43. The Morgan fingerprint density at radius 3 is 2.65 bits per heavy atom. The van der Waals surface area contributed by atoms with E-state index in [0.717, 1.165) is 38.6 Å². The Kier molecular flexibility index (Phi) is 4.80. The van der Waals surface area contributed by atoms with Gasteiger partial charge in [0.2, 0.25) is 5.91 Å². The molecule has 1 aliphatic carbocycles. The van der Waals surface area contributed by atoms with Crippen molar-refractivity contribution in [2.24, 2.45) is 5.92 Å². The summed E-state index contributed by atoms with van der Waals surface area (Å²) >= 11 is 0. The summed E-state index contributed by atoms with van der Waals surface area (Å²) in [5, 5.41) is 3.31. The number of rotatable bonds is 5. The predicted molar refractivity (Wildman–Crippen MR) is 68.9 cm³/mol. The van der Waals surface area contributed by atoms with Crippen molar-refractivity contribution in [3.05, 3.63) is 0 Å². The lowest BCUT2D eigenvalue weighted by Gasteiger charge is -2.30. The first-order valence-electron chi connectivity index (χ1n) is 6.93. The highest BCUT2D eigenvalue weighted by Gasteiger charge is 2.20. The van der Waals surface area contributed by atoms with Crippen molar-refractivity contribution in [3.8, 4) is 0 Å². The van der Waals surface area contributed by atoms with Crippen LogP contribution in [0.15, 0.2) is 0 Å². The van der Waals surface area contributed by atoms with Crippen LogP contribution in [-0.2, 0) is 4.79 Å². The summed E-state index contributed by atoms with van der Waals surface area (Å²) in [6.07, 6.45) is 5.34. The fraction of sp³-hybridized carbons (Fsp3) is 0.923. The molecule has 98 valence electrons. The average molecular weight is 239 g/mol. The molecular formula is C13H25N3O. The fourth-order valence-corrected chi connectivity index (χ4v) is 2.46. The van der Waals surface area contributed by atoms with Crippen LogP contribution in [0.25, 0.3) is 0 Å². The van der Waals surface area contributed by atoms with Crippen LogP contribution in [-0.4, -0.2) is 62.0 Å². The van der Waals surface area contributed by atoms with Gasteiger partial charge in [-0.25, -0.2) is 0 Å². The summed E-state index contributed by atoms with van der Waals surface area (Å²) < 4.78 is 0. The average Bonchev–Trinajstić information content (AvgIpc) is 2.28. The van der Waals surface area contributed by atoms with Crippen LogP contribution in [0.2, 0.25) is 0 Å². The number of carbonyl (C=O) groups excluding carboxylic acids is 1. The molecule has 2 fully saturated rings. The van der Waals surface area contributed by atoms with Gasteiger partial charge in [-0.1, -0.05) is 19.3 Å². The van der Waals surface area contributed by atoms with Crippen molar-refractivity contribution in [2.75, 3.05) is 46.3 Å². The van der Waals surface area contributed by atoms with Crippen molar-refractivity contribution in [1.29, 1.82) is 0 Å². The molecule has 1 saturated heterocycles. The number of carbonyl (C=O) groups is 1. The highest BCUT2D eigenvalue weighted by molar-refractivity contribution is 5.77. The Bertz CT molecular complexity index is 247. The molecular weight excluding hydrogens is 214 g/mol. The van der Waals surface area contributed by atoms with Crippen molar-refractivity contribution in [3.63, 3.8) is 0 Å². The van der Waals surface area contributed by atoms with Gasteiger partial charge in [-0.3, -0.25) is 9.69 Å². The first-order valence-corrected chi connectivity index (χ1v) is 6.93. The van der Waals surface area contributed by atoms with E-state index < -0.39 is 0 Å². The second kappa shape index (κ2) is 6.36. The van der Waals surface area contributed by atoms with Gasteiger partial charge in [0.1, 0.15) is 0 Å². The molecule has 0 bridgehead atoms. The molecule has 2 rings (SSSR count). The molecule has 1 heterocycles. The third kappa shape index (κ3) is 3.96. The number of nitrogens with one attached hydrogen (secondary N) is 1. The molecule has 0 aromatic heterocycles. The van der Waals surface area contributed by atoms with Crippen LogP contribution in [0.5, 0.6) is 0 Å². The molecule has 17 heavy (non-hydrogen) atoms. The van der Waals surface area contributed by atoms with Gasteiger partial charge in [-0.15, -0.1) is 0 Å². The monoisotopic (exact) mass is 239 g/mol. The van der Waals surface area contributed by atoms with E-state index >= 15 is 0 Å². The lowest BCUT2D eigenvalue weighted by atomic mass is 9.83. The van der Waals surface area contributed by atoms with E-state index in [1.165, 1.54) is 25.7 Å². The number of nitrogens with zero attached hydrogens (tertiary/aromatic N) is 2. The Balaban J connectivity index is 1.63. The quantitative estimate of drug-likeness (QED) is 0.760. The van der Waals surface area contributed by atoms with Gasteiger partial charge in [0, 0.05) is 39.8 Å². The van der Waals surface area contributed by atoms with E-state index in [4.69, 9.17) is 0 Å². The lowest BCUT2D eigenvalue weighted by Crippen LogP contribution is -2.48. The molecule has 1 N–H and O–H groups in total. The van der Waals surface area contributed by atoms with Crippen LogP contribution in [0.1, 0.15) is 25.7 Å². The van der Waals surface area contributed by atoms with Gasteiger partial charge in [0.15, 0.2) is 0 Å². The van der Waals surface area contributed by atoms with Crippen molar-refractivity contribution < 1.29 is 4.79 Å². The summed E-state index contributed by atoms with van der Waals surface area (Å²) in [7, 11) is 1.95. The Morgan fingerprint density at radius 1 is 1.35 bits per heavy atom. The van der Waals surface area contributed by atoms with Gasteiger partial charge in [-0.05, 0) is 12.3 Å². The smallest absolute Gasteiger partial charge is 0.236 e. The number of amides is 1. The number of piperazine rings is 1. The SMILES string of the molecule is CN(CCC1CCC1)C(=O)CN1CCNCC1. The Morgan fingerprint density at radius 2 is 2.06 bits per heavy atom. The minimum atomic E-state index is 0.284. The Hall–Kier alpha value is -0.610. The first kappa shape index (κ1) is 12.8. The number of hydrogen-bond acceptors (Lipinski definition) is 3. The highest BCUT2D eigenvalue weighted by atomic mass is 16.2. The topological polar surface area (TPSA) is 35.6 Å². The van der Waals surface area contributed by atoms with Gasteiger partial charge in [0.25, 0.3) is 0 Å². The number of hydrogen-bond donors (Lipinski definition) is 1. The van der Waals surface area contributed by atoms with E-state index in [-0.39, 0.29) is 5.91 Å². The van der Waals surface area contributed by atoms with Gasteiger partial charge in [-0.2, -0.15) is 0 Å². The zero-order valence-corrected chi connectivity index (χ0v) is 11.0. The summed E-state index contributed by atoms with van der Waals surface area (Å²) in [6.45, 7) is 5.57. The molecule has 0 atom stereocenters. The van der Waals surface area contributed by atoms with E-state index in [0.29, 0.717) is 6.54 Å². The van der Waals surface area contributed by atoms with Crippen LogP contribution in [0.3, 0.4) is 0 Å². The van der Waals surface area contributed by atoms with E-state index in [1.54, 1.807) is 0 Å². The number of likely N-dealkylation sites (N-methyl/N-ethyl adjacent to an activating group) is 1. The molecule has 0 spiro atoms. The third-order valence-corrected chi connectivity index (χ3v) is 4.09.